The Morgan fingerprint density at radius 2 is 1.98 bits per heavy atom. The molecule has 2 aromatic carbocycles. The van der Waals surface area contributed by atoms with Crippen LogP contribution in [-0.2, 0) is 32.3 Å². The van der Waals surface area contributed by atoms with Gasteiger partial charge in [-0.05, 0) is 67.0 Å². The molecule has 5 atom stereocenters. The second-order valence-electron chi connectivity index (χ2n) is 13.0. The first kappa shape index (κ1) is 30.4. The molecule has 2 aliphatic heterocycles. The quantitative estimate of drug-likeness (QED) is 0.204. The monoisotopic (exact) mass is 608 g/mol. The predicted molar refractivity (Wildman–Crippen MR) is 161 cm³/mol. The number of amides is 1. The number of likely N-dealkylation sites (tertiary alicyclic amines) is 1. The highest BCUT2D eigenvalue weighted by atomic mass is 19.4. The first-order valence-electron chi connectivity index (χ1n) is 15.4. The number of nitrogens with zero attached hydrogens (tertiary/aromatic N) is 2. The second kappa shape index (κ2) is 11.1. The molecule has 2 heterocycles. The normalized spacial score (nSPS) is 28.8. The van der Waals surface area contributed by atoms with Gasteiger partial charge >= 0.3 is 12.1 Å². The summed E-state index contributed by atoms with van der Waals surface area (Å²) in [5, 5.41) is 0. The van der Waals surface area contributed by atoms with Crippen LogP contribution in [0.5, 0.6) is 5.75 Å². The molecule has 0 unspecified atom stereocenters. The number of piperidine rings is 1. The van der Waals surface area contributed by atoms with Gasteiger partial charge in [0.05, 0.1) is 23.1 Å². The van der Waals surface area contributed by atoms with Gasteiger partial charge in [-0.15, -0.1) is 6.58 Å². The maximum absolute atomic E-state index is 14.0. The zero-order valence-electron chi connectivity index (χ0n) is 25.4. The smallest absolute Gasteiger partial charge is 0.416 e. The molecule has 0 radical (unpaired) electrons. The van der Waals surface area contributed by atoms with E-state index < -0.39 is 28.9 Å². The van der Waals surface area contributed by atoms with Gasteiger partial charge in [-0.2, -0.15) is 13.2 Å². The lowest BCUT2D eigenvalue weighted by Crippen LogP contribution is -2.79. The van der Waals surface area contributed by atoms with Gasteiger partial charge in [-0.3, -0.25) is 14.5 Å². The van der Waals surface area contributed by atoms with Crippen LogP contribution in [0, 0.1) is 5.92 Å². The summed E-state index contributed by atoms with van der Waals surface area (Å²) >= 11 is 0. The van der Waals surface area contributed by atoms with E-state index in [1.807, 2.05) is 37.0 Å². The van der Waals surface area contributed by atoms with E-state index in [1.165, 1.54) is 30.7 Å². The minimum Gasteiger partial charge on any atom is -0.487 e. The molecular weight excluding hydrogens is 569 g/mol. The summed E-state index contributed by atoms with van der Waals surface area (Å²) in [5.74, 6) is 0.294. The Kier molecular flexibility index (Phi) is 7.67. The number of hydrogen-bond donors (Lipinski definition) is 0. The van der Waals surface area contributed by atoms with Crippen molar-refractivity contribution in [1.29, 1.82) is 0 Å². The van der Waals surface area contributed by atoms with Gasteiger partial charge in [0.1, 0.15) is 17.5 Å². The molecular formula is C35H39F3N2O4. The molecule has 9 heteroatoms. The van der Waals surface area contributed by atoms with Crippen LogP contribution in [-0.4, -0.2) is 65.1 Å². The number of alkyl halides is 3. The summed E-state index contributed by atoms with van der Waals surface area (Å²) in [6, 6.07) is 10.7. The number of rotatable bonds is 8. The summed E-state index contributed by atoms with van der Waals surface area (Å²) in [5.41, 5.74) is 0.338. The Labute approximate surface area is 256 Å². The average Bonchev–Trinajstić information content (AvgIpc) is 3.30. The van der Waals surface area contributed by atoms with Gasteiger partial charge < -0.3 is 14.4 Å². The Bertz CT molecular complexity index is 1500. The Balaban J connectivity index is 1.41. The lowest BCUT2D eigenvalue weighted by molar-refractivity contribution is -0.223. The molecule has 0 aromatic heterocycles. The highest BCUT2D eigenvalue weighted by Crippen LogP contribution is 2.65. The summed E-state index contributed by atoms with van der Waals surface area (Å²) in [7, 11) is 0. The number of hydrogen-bond acceptors (Lipinski definition) is 5. The molecule has 234 valence electrons. The number of ether oxygens (including phenoxy) is 2. The third kappa shape index (κ3) is 4.75. The van der Waals surface area contributed by atoms with E-state index in [1.54, 1.807) is 6.07 Å². The van der Waals surface area contributed by atoms with Crippen molar-refractivity contribution < 1.29 is 32.2 Å². The standard InChI is InChI=1S/C35H39F3N2O4/c1-5-17-39-18-16-33-31-25-9-7-11-28(31)43-32(33)27(14-15-34(33,29(39)20-25)44-23(4)41)40(21-22(2)3)30(42)13-12-24-8-6-10-26(19-24)35(36,37)38/h5-13,19,22,27,29,32H,1,14-18,20-21H2,2-4H3/t27-,29-,32+,33+,34-/m1/s1. The molecule has 44 heavy (non-hydrogen) atoms. The van der Waals surface area contributed by atoms with Crippen LogP contribution in [0.1, 0.15) is 62.3 Å². The van der Waals surface area contributed by atoms with Crippen molar-refractivity contribution in [2.45, 2.75) is 81.8 Å². The maximum Gasteiger partial charge on any atom is 0.416 e. The fraction of sp³-hybridized carbons (Fsp3) is 0.486. The van der Waals surface area contributed by atoms with Crippen molar-refractivity contribution in [2.24, 2.45) is 5.92 Å². The first-order chi connectivity index (χ1) is 20.9. The van der Waals surface area contributed by atoms with Gasteiger partial charge in [-0.1, -0.05) is 44.2 Å². The molecule has 1 spiro atoms. The molecule has 2 bridgehead atoms. The predicted octanol–water partition coefficient (Wildman–Crippen LogP) is 6.18. The highest BCUT2D eigenvalue weighted by Gasteiger charge is 2.75. The molecule has 2 fully saturated rings. The highest BCUT2D eigenvalue weighted by molar-refractivity contribution is 5.92. The van der Waals surface area contributed by atoms with Gasteiger partial charge in [0.2, 0.25) is 5.91 Å². The van der Waals surface area contributed by atoms with Crippen LogP contribution in [0.25, 0.3) is 6.08 Å². The molecule has 0 N–H and O–H groups in total. The largest absolute Gasteiger partial charge is 0.487 e. The molecule has 1 saturated carbocycles. The first-order valence-corrected chi connectivity index (χ1v) is 15.4. The molecule has 2 aliphatic carbocycles. The zero-order chi connectivity index (χ0) is 31.4. The molecule has 4 aliphatic rings. The third-order valence-electron chi connectivity index (χ3n) is 9.97. The summed E-state index contributed by atoms with van der Waals surface area (Å²) < 4.78 is 53.3. The van der Waals surface area contributed by atoms with E-state index in [4.69, 9.17) is 9.47 Å². The van der Waals surface area contributed by atoms with Gasteiger partial charge in [-0.25, -0.2) is 0 Å². The molecule has 6 nitrogen and oxygen atoms in total. The summed E-state index contributed by atoms with van der Waals surface area (Å²) in [4.78, 5) is 31.0. The van der Waals surface area contributed by atoms with Crippen LogP contribution in [0.4, 0.5) is 13.2 Å². The third-order valence-corrected chi connectivity index (χ3v) is 9.97. The lowest BCUT2D eigenvalue weighted by Gasteiger charge is -2.65. The van der Waals surface area contributed by atoms with Gasteiger partial charge in [0.15, 0.2) is 0 Å². The van der Waals surface area contributed by atoms with E-state index in [2.05, 4.69) is 17.5 Å². The van der Waals surface area contributed by atoms with E-state index >= 15 is 0 Å². The maximum atomic E-state index is 14.0. The summed E-state index contributed by atoms with van der Waals surface area (Å²) in [6.45, 7) is 11.4. The Morgan fingerprint density at radius 1 is 1.20 bits per heavy atom. The number of carbonyl (C=O) groups is 2. The van der Waals surface area contributed by atoms with E-state index in [9.17, 15) is 22.8 Å². The number of esters is 1. The molecule has 1 saturated heterocycles. The number of halogens is 3. The van der Waals surface area contributed by atoms with Crippen LogP contribution in [0.3, 0.4) is 0 Å². The van der Waals surface area contributed by atoms with Crippen molar-refractivity contribution in [3.8, 4) is 5.75 Å². The number of benzene rings is 2. The van der Waals surface area contributed by atoms with Crippen molar-refractivity contribution in [2.75, 3.05) is 19.6 Å². The van der Waals surface area contributed by atoms with Gasteiger partial charge in [0, 0.05) is 38.2 Å². The van der Waals surface area contributed by atoms with Crippen molar-refractivity contribution in [3.05, 3.63) is 83.4 Å². The minimum absolute atomic E-state index is 0.0684. The lowest BCUT2D eigenvalue weighted by atomic mass is 9.48. The second-order valence-corrected chi connectivity index (χ2v) is 13.0. The molecule has 1 amide bonds. The Morgan fingerprint density at radius 3 is 2.68 bits per heavy atom. The fourth-order valence-corrected chi connectivity index (χ4v) is 8.58. The molecule has 6 rings (SSSR count). The fourth-order valence-electron chi connectivity index (χ4n) is 8.58. The van der Waals surface area contributed by atoms with Crippen LogP contribution >= 0.6 is 0 Å². The topological polar surface area (TPSA) is 59.1 Å². The van der Waals surface area contributed by atoms with E-state index in [-0.39, 0.29) is 29.9 Å². The van der Waals surface area contributed by atoms with Gasteiger partial charge in [0.25, 0.3) is 0 Å². The minimum atomic E-state index is -4.47. The van der Waals surface area contributed by atoms with Crippen molar-refractivity contribution >= 4 is 18.0 Å². The molecule has 2 aromatic rings. The van der Waals surface area contributed by atoms with Crippen molar-refractivity contribution in [3.63, 3.8) is 0 Å². The Hall–Kier alpha value is -3.59. The van der Waals surface area contributed by atoms with Crippen molar-refractivity contribution in [1.82, 2.24) is 9.80 Å². The zero-order valence-corrected chi connectivity index (χ0v) is 25.4. The SMILES string of the molecule is C=CCN1CC[C@]23c4c5cccc4O[C@H]2[C@H](N(CC(C)C)C(=O)C=Cc2cccc(C(F)(F)F)c2)CC[C@@]3(OC(C)=O)[C@H]1C5. The van der Waals surface area contributed by atoms with Crippen LogP contribution in [0.15, 0.2) is 61.2 Å². The average molecular weight is 609 g/mol. The van der Waals surface area contributed by atoms with E-state index in [0.717, 1.165) is 36.4 Å². The van der Waals surface area contributed by atoms with E-state index in [0.29, 0.717) is 37.9 Å². The number of carbonyl (C=O) groups excluding carboxylic acids is 2. The van der Waals surface area contributed by atoms with Crippen LogP contribution < -0.4 is 4.74 Å². The summed E-state index contributed by atoms with van der Waals surface area (Å²) in [6.07, 6.45) is 2.31. The van der Waals surface area contributed by atoms with Crippen LogP contribution in [0.2, 0.25) is 0 Å².